The van der Waals surface area contributed by atoms with Crippen molar-refractivity contribution in [1.29, 1.82) is 0 Å². The van der Waals surface area contributed by atoms with E-state index in [2.05, 4.69) is 26.7 Å². The SMILES string of the molecule is c1ccc(-c2ncn(C[C@H]3COCCO3)c2-c2ccncc2)cc1. The Balaban J connectivity index is 1.75. The number of pyridine rings is 1. The van der Waals surface area contributed by atoms with Gasteiger partial charge >= 0.3 is 0 Å². The highest BCUT2D eigenvalue weighted by molar-refractivity contribution is 5.78. The van der Waals surface area contributed by atoms with E-state index in [0.717, 1.165) is 29.1 Å². The summed E-state index contributed by atoms with van der Waals surface area (Å²) in [5, 5.41) is 0. The molecule has 0 radical (unpaired) electrons. The highest BCUT2D eigenvalue weighted by atomic mass is 16.6. The predicted octanol–water partition coefficient (Wildman–Crippen LogP) is 3.03. The smallest absolute Gasteiger partial charge is 0.0988 e. The van der Waals surface area contributed by atoms with Gasteiger partial charge < -0.3 is 14.0 Å². The summed E-state index contributed by atoms with van der Waals surface area (Å²) in [7, 11) is 0. The second-order valence-electron chi connectivity index (χ2n) is 5.76. The molecular formula is C19H19N3O2. The van der Waals surface area contributed by atoms with Gasteiger partial charge in [0.2, 0.25) is 0 Å². The van der Waals surface area contributed by atoms with Crippen molar-refractivity contribution in [2.75, 3.05) is 19.8 Å². The molecular weight excluding hydrogens is 302 g/mol. The molecule has 0 unspecified atom stereocenters. The molecule has 5 nitrogen and oxygen atoms in total. The lowest BCUT2D eigenvalue weighted by Gasteiger charge is -2.24. The molecule has 0 bridgehead atoms. The van der Waals surface area contributed by atoms with Crippen LogP contribution < -0.4 is 0 Å². The van der Waals surface area contributed by atoms with Crippen LogP contribution >= 0.6 is 0 Å². The Morgan fingerprint density at radius 2 is 1.83 bits per heavy atom. The number of nitrogens with zero attached hydrogens (tertiary/aromatic N) is 3. The average Bonchev–Trinajstić information content (AvgIpc) is 3.07. The number of benzene rings is 1. The van der Waals surface area contributed by atoms with Gasteiger partial charge in [-0.3, -0.25) is 4.98 Å². The fraction of sp³-hybridized carbons (Fsp3) is 0.263. The van der Waals surface area contributed by atoms with Crippen LogP contribution in [0.25, 0.3) is 22.5 Å². The van der Waals surface area contributed by atoms with Crippen LogP contribution in [0.3, 0.4) is 0 Å². The first-order valence-corrected chi connectivity index (χ1v) is 8.12. The largest absolute Gasteiger partial charge is 0.376 e. The molecule has 0 spiro atoms. The van der Waals surface area contributed by atoms with E-state index in [-0.39, 0.29) is 6.10 Å². The molecule has 0 amide bonds. The monoisotopic (exact) mass is 321 g/mol. The summed E-state index contributed by atoms with van der Waals surface area (Å²) in [4.78, 5) is 8.80. The number of ether oxygens (including phenoxy) is 2. The summed E-state index contributed by atoms with van der Waals surface area (Å²) < 4.78 is 13.5. The normalized spacial score (nSPS) is 17.8. The van der Waals surface area contributed by atoms with Gasteiger partial charge in [0.1, 0.15) is 0 Å². The van der Waals surface area contributed by atoms with Crippen LogP contribution in [0.4, 0.5) is 0 Å². The van der Waals surface area contributed by atoms with E-state index in [1.165, 1.54) is 0 Å². The minimum atomic E-state index is 0.0529. The van der Waals surface area contributed by atoms with E-state index < -0.39 is 0 Å². The molecule has 1 aliphatic heterocycles. The van der Waals surface area contributed by atoms with Crippen molar-refractivity contribution in [2.45, 2.75) is 12.6 Å². The van der Waals surface area contributed by atoms with Gasteiger partial charge in [-0.2, -0.15) is 0 Å². The van der Waals surface area contributed by atoms with Crippen LogP contribution in [-0.2, 0) is 16.0 Å². The lowest BCUT2D eigenvalue weighted by Crippen LogP contribution is -2.32. The Labute approximate surface area is 140 Å². The molecule has 0 saturated carbocycles. The molecule has 0 N–H and O–H groups in total. The third-order valence-corrected chi connectivity index (χ3v) is 4.12. The Bertz CT molecular complexity index is 781. The number of hydrogen-bond donors (Lipinski definition) is 0. The lowest BCUT2D eigenvalue weighted by atomic mass is 10.1. The maximum Gasteiger partial charge on any atom is 0.0988 e. The first kappa shape index (κ1) is 15.1. The van der Waals surface area contributed by atoms with Crippen LogP contribution in [0.2, 0.25) is 0 Å². The molecule has 0 aliphatic carbocycles. The third-order valence-electron chi connectivity index (χ3n) is 4.12. The van der Waals surface area contributed by atoms with Crippen LogP contribution in [0.5, 0.6) is 0 Å². The first-order valence-electron chi connectivity index (χ1n) is 8.12. The van der Waals surface area contributed by atoms with Crippen molar-refractivity contribution < 1.29 is 9.47 Å². The Morgan fingerprint density at radius 3 is 2.58 bits per heavy atom. The number of imidazole rings is 1. The fourth-order valence-electron chi connectivity index (χ4n) is 3.00. The molecule has 2 aromatic heterocycles. The summed E-state index contributed by atoms with van der Waals surface area (Å²) in [6.07, 6.45) is 5.55. The van der Waals surface area contributed by atoms with E-state index in [4.69, 9.17) is 9.47 Å². The molecule has 24 heavy (non-hydrogen) atoms. The summed E-state index contributed by atoms with van der Waals surface area (Å²) in [6.45, 7) is 2.66. The summed E-state index contributed by atoms with van der Waals surface area (Å²) in [5.74, 6) is 0. The van der Waals surface area contributed by atoms with Gasteiger partial charge in [0.15, 0.2) is 0 Å². The van der Waals surface area contributed by atoms with Crippen LogP contribution in [0.1, 0.15) is 0 Å². The summed E-state index contributed by atoms with van der Waals surface area (Å²) in [5.41, 5.74) is 4.25. The maximum atomic E-state index is 5.80. The Morgan fingerprint density at radius 1 is 1.00 bits per heavy atom. The van der Waals surface area contributed by atoms with Crippen LogP contribution in [-0.4, -0.2) is 40.5 Å². The molecule has 5 heteroatoms. The van der Waals surface area contributed by atoms with Gasteiger partial charge in [-0.1, -0.05) is 30.3 Å². The second-order valence-corrected chi connectivity index (χ2v) is 5.76. The summed E-state index contributed by atoms with van der Waals surface area (Å²) in [6, 6.07) is 14.3. The highest BCUT2D eigenvalue weighted by Crippen LogP contribution is 2.31. The molecule has 1 saturated heterocycles. The minimum absolute atomic E-state index is 0.0529. The second kappa shape index (κ2) is 6.95. The van der Waals surface area contributed by atoms with E-state index in [1.807, 2.05) is 49.1 Å². The van der Waals surface area contributed by atoms with Crippen molar-refractivity contribution in [3.05, 3.63) is 61.2 Å². The standard InChI is InChI=1S/C19H19N3O2/c1-2-4-15(5-3-1)18-19(16-6-8-20-9-7-16)22(14-21-18)12-17-13-23-10-11-24-17/h1-9,14,17H,10-13H2/t17-/m0/s1. The molecule has 1 fully saturated rings. The van der Waals surface area contributed by atoms with E-state index in [1.54, 1.807) is 0 Å². The molecule has 4 rings (SSSR count). The third kappa shape index (κ3) is 3.09. The Kier molecular flexibility index (Phi) is 4.36. The van der Waals surface area contributed by atoms with Gasteiger partial charge in [0.05, 0.1) is 50.2 Å². The van der Waals surface area contributed by atoms with Crippen molar-refractivity contribution in [1.82, 2.24) is 14.5 Å². The van der Waals surface area contributed by atoms with E-state index >= 15 is 0 Å². The van der Waals surface area contributed by atoms with Gasteiger partial charge in [0, 0.05) is 23.5 Å². The number of aromatic nitrogens is 3. The zero-order valence-electron chi connectivity index (χ0n) is 13.3. The van der Waals surface area contributed by atoms with E-state index in [9.17, 15) is 0 Å². The average molecular weight is 321 g/mol. The molecule has 1 atom stereocenters. The van der Waals surface area contributed by atoms with Crippen molar-refractivity contribution in [3.8, 4) is 22.5 Å². The number of rotatable bonds is 4. The zero-order valence-corrected chi connectivity index (χ0v) is 13.3. The van der Waals surface area contributed by atoms with Crippen molar-refractivity contribution in [3.63, 3.8) is 0 Å². The lowest BCUT2D eigenvalue weighted by molar-refractivity contribution is -0.0934. The quantitative estimate of drug-likeness (QED) is 0.741. The topological polar surface area (TPSA) is 49.2 Å². The molecule has 122 valence electrons. The predicted molar refractivity (Wildman–Crippen MR) is 91.5 cm³/mol. The molecule has 1 aromatic carbocycles. The Hall–Kier alpha value is -2.50. The van der Waals surface area contributed by atoms with Gasteiger partial charge in [-0.05, 0) is 12.1 Å². The van der Waals surface area contributed by atoms with Gasteiger partial charge in [0.25, 0.3) is 0 Å². The van der Waals surface area contributed by atoms with Gasteiger partial charge in [-0.25, -0.2) is 4.98 Å². The molecule has 3 heterocycles. The fourth-order valence-corrected chi connectivity index (χ4v) is 3.00. The minimum Gasteiger partial charge on any atom is -0.376 e. The van der Waals surface area contributed by atoms with Gasteiger partial charge in [-0.15, -0.1) is 0 Å². The highest BCUT2D eigenvalue weighted by Gasteiger charge is 2.20. The van der Waals surface area contributed by atoms with Crippen LogP contribution in [0, 0.1) is 0 Å². The van der Waals surface area contributed by atoms with Crippen LogP contribution in [0.15, 0.2) is 61.2 Å². The molecule has 1 aliphatic rings. The molecule has 3 aromatic rings. The summed E-state index contributed by atoms with van der Waals surface area (Å²) >= 11 is 0. The van der Waals surface area contributed by atoms with Crippen molar-refractivity contribution in [2.24, 2.45) is 0 Å². The van der Waals surface area contributed by atoms with Crippen molar-refractivity contribution >= 4 is 0 Å². The maximum absolute atomic E-state index is 5.80. The number of hydrogen-bond acceptors (Lipinski definition) is 4. The zero-order chi connectivity index (χ0) is 16.2. The first-order chi connectivity index (χ1) is 11.9. The van der Waals surface area contributed by atoms with E-state index in [0.29, 0.717) is 19.8 Å².